The van der Waals surface area contributed by atoms with Gasteiger partial charge in [-0.05, 0) is 18.6 Å². The van der Waals surface area contributed by atoms with Crippen LogP contribution in [0.15, 0.2) is 18.2 Å². The van der Waals surface area contributed by atoms with Crippen LogP contribution in [-0.4, -0.2) is 5.78 Å². The largest absolute Gasteiger partial charge is 0.397 e. The number of nitrogen functional groups attached to an aromatic ring is 2. The van der Waals surface area contributed by atoms with Gasteiger partial charge in [-0.1, -0.05) is 12.1 Å². The predicted molar refractivity (Wildman–Crippen MR) is 49.7 cm³/mol. The topological polar surface area (TPSA) is 69.1 Å². The van der Waals surface area contributed by atoms with Crippen LogP contribution in [0.5, 0.6) is 0 Å². The quantitative estimate of drug-likeness (QED) is 0.640. The van der Waals surface area contributed by atoms with Crippen molar-refractivity contribution in [2.75, 3.05) is 11.5 Å². The highest BCUT2D eigenvalue weighted by Gasteiger charge is 2.03. The molecule has 0 bridgehead atoms. The Balaban J connectivity index is 3.00. The third-order valence-corrected chi connectivity index (χ3v) is 1.67. The van der Waals surface area contributed by atoms with Gasteiger partial charge in [-0.25, -0.2) is 0 Å². The van der Waals surface area contributed by atoms with Crippen molar-refractivity contribution < 1.29 is 4.79 Å². The lowest BCUT2D eigenvalue weighted by atomic mass is 10.1. The Labute approximate surface area is 71.4 Å². The van der Waals surface area contributed by atoms with Gasteiger partial charge in [0, 0.05) is 6.42 Å². The van der Waals surface area contributed by atoms with Crippen molar-refractivity contribution in [2.45, 2.75) is 13.3 Å². The summed E-state index contributed by atoms with van der Waals surface area (Å²) in [7, 11) is 0. The van der Waals surface area contributed by atoms with E-state index in [-0.39, 0.29) is 5.78 Å². The van der Waals surface area contributed by atoms with Crippen LogP contribution in [0, 0.1) is 0 Å². The highest BCUT2D eigenvalue weighted by atomic mass is 16.1. The van der Waals surface area contributed by atoms with E-state index in [1.165, 1.54) is 6.92 Å². The molecule has 4 N–H and O–H groups in total. The van der Waals surface area contributed by atoms with Crippen molar-refractivity contribution in [2.24, 2.45) is 0 Å². The Morgan fingerprint density at radius 3 is 2.67 bits per heavy atom. The summed E-state index contributed by atoms with van der Waals surface area (Å²) in [5.74, 6) is 0.0901. The molecule has 1 aromatic carbocycles. The zero-order valence-electron chi connectivity index (χ0n) is 7.00. The maximum absolute atomic E-state index is 10.8. The van der Waals surface area contributed by atoms with Gasteiger partial charge in [0.1, 0.15) is 5.78 Å². The number of hydrogen-bond donors (Lipinski definition) is 2. The van der Waals surface area contributed by atoms with E-state index >= 15 is 0 Å². The van der Waals surface area contributed by atoms with Gasteiger partial charge in [0.15, 0.2) is 0 Å². The van der Waals surface area contributed by atoms with Gasteiger partial charge < -0.3 is 11.5 Å². The SMILES string of the molecule is CC(=O)Cc1cccc(N)c1N. The van der Waals surface area contributed by atoms with Crippen LogP contribution < -0.4 is 11.5 Å². The molecule has 0 saturated heterocycles. The third kappa shape index (κ3) is 1.75. The molecule has 0 aliphatic rings. The molecule has 0 aliphatic carbocycles. The van der Waals surface area contributed by atoms with Crippen molar-refractivity contribution in [3.63, 3.8) is 0 Å². The first-order valence-electron chi connectivity index (χ1n) is 3.73. The molecule has 64 valence electrons. The summed E-state index contributed by atoms with van der Waals surface area (Å²) in [6.45, 7) is 1.53. The molecule has 3 heteroatoms. The molecule has 0 fully saturated rings. The van der Waals surface area contributed by atoms with Crippen molar-refractivity contribution in [3.8, 4) is 0 Å². The fourth-order valence-corrected chi connectivity index (χ4v) is 1.06. The van der Waals surface area contributed by atoms with Crippen LogP contribution in [0.1, 0.15) is 12.5 Å². The molecule has 0 amide bonds. The molecule has 12 heavy (non-hydrogen) atoms. The number of Topliss-reactive ketones (excluding diaryl/α,β-unsaturated/α-hetero) is 1. The molecule has 0 saturated carbocycles. The van der Waals surface area contributed by atoms with Gasteiger partial charge in [0.2, 0.25) is 0 Å². The summed E-state index contributed by atoms with van der Waals surface area (Å²) in [6.07, 6.45) is 0.358. The van der Waals surface area contributed by atoms with Crippen LogP contribution in [0.4, 0.5) is 11.4 Å². The molecule has 1 aromatic rings. The zero-order valence-corrected chi connectivity index (χ0v) is 7.00. The molecule has 0 heterocycles. The summed E-state index contributed by atoms with van der Waals surface area (Å²) in [6, 6.07) is 5.33. The first kappa shape index (κ1) is 8.59. The standard InChI is InChI=1S/C9H12N2O/c1-6(12)5-7-3-2-4-8(10)9(7)11/h2-4H,5,10-11H2,1H3. The fraction of sp³-hybridized carbons (Fsp3) is 0.222. The minimum Gasteiger partial charge on any atom is -0.397 e. The van der Waals surface area contributed by atoms with Crippen LogP contribution in [0.25, 0.3) is 0 Å². The monoisotopic (exact) mass is 164 g/mol. The average Bonchev–Trinajstić information content (AvgIpc) is 1.98. The van der Waals surface area contributed by atoms with Crippen LogP contribution in [-0.2, 0) is 11.2 Å². The van der Waals surface area contributed by atoms with Gasteiger partial charge >= 0.3 is 0 Å². The number of anilines is 2. The molecule has 0 unspecified atom stereocenters. The lowest BCUT2D eigenvalue weighted by molar-refractivity contribution is -0.116. The molecular weight excluding hydrogens is 152 g/mol. The average molecular weight is 164 g/mol. The second-order valence-electron chi connectivity index (χ2n) is 2.80. The summed E-state index contributed by atoms with van der Waals surface area (Å²) in [5, 5.41) is 0. The van der Waals surface area contributed by atoms with E-state index in [0.717, 1.165) is 5.56 Å². The normalized spacial score (nSPS) is 9.75. The lowest BCUT2D eigenvalue weighted by Crippen LogP contribution is -2.03. The number of nitrogens with two attached hydrogens (primary N) is 2. The van der Waals surface area contributed by atoms with E-state index in [4.69, 9.17) is 11.5 Å². The number of carbonyl (C=O) groups is 1. The van der Waals surface area contributed by atoms with Gasteiger partial charge in [-0.3, -0.25) is 4.79 Å². The summed E-state index contributed by atoms with van der Waals surface area (Å²) >= 11 is 0. The summed E-state index contributed by atoms with van der Waals surface area (Å²) in [4.78, 5) is 10.8. The van der Waals surface area contributed by atoms with Gasteiger partial charge in [-0.2, -0.15) is 0 Å². The first-order chi connectivity index (χ1) is 5.61. The summed E-state index contributed by atoms with van der Waals surface area (Å²) < 4.78 is 0. The molecule has 0 aliphatic heterocycles. The number of benzene rings is 1. The number of ketones is 1. The van der Waals surface area contributed by atoms with Crippen molar-refractivity contribution in [3.05, 3.63) is 23.8 Å². The Morgan fingerprint density at radius 1 is 1.42 bits per heavy atom. The molecular formula is C9H12N2O. The highest BCUT2D eigenvalue weighted by Crippen LogP contribution is 2.19. The van der Waals surface area contributed by atoms with E-state index in [2.05, 4.69) is 0 Å². The van der Waals surface area contributed by atoms with Crippen LogP contribution >= 0.6 is 0 Å². The van der Waals surface area contributed by atoms with E-state index in [9.17, 15) is 4.79 Å². The Bertz CT molecular complexity index is 307. The van der Waals surface area contributed by atoms with E-state index < -0.39 is 0 Å². The van der Waals surface area contributed by atoms with Gasteiger partial charge in [0.25, 0.3) is 0 Å². The molecule has 3 nitrogen and oxygen atoms in total. The molecule has 0 radical (unpaired) electrons. The number of hydrogen-bond acceptors (Lipinski definition) is 3. The van der Waals surface area contributed by atoms with Crippen molar-refractivity contribution in [1.29, 1.82) is 0 Å². The second kappa shape index (κ2) is 3.26. The molecule has 0 spiro atoms. The number of para-hydroxylation sites is 1. The van der Waals surface area contributed by atoms with Gasteiger partial charge in [0.05, 0.1) is 11.4 Å². The Hall–Kier alpha value is -1.51. The predicted octanol–water partition coefficient (Wildman–Crippen LogP) is 0.983. The number of rotatable bonds is 2. The zero-order chi connectivity index (χ0) is 9.14. The molecule has 0 atom stereocenters. The van der Waals surface area contributed by atoms with Gasteiger partial charge in [-0.15, -0.1) is 0 Å². The first-order valence-corrected chi connectivity index (χ1v) is 3.73. The van der Waals surface area contributed by atoms with Crippen molar-refractivity contribution in [1.82, 2.24) is 0 Å². The Morgan fingerprint density at radius 2 is 2.08 bits per heavy atom. The van der Waals surface area contributed by atoms with E-state index in [1.54, 1.807) is 12.1 Å². The maximum atomic E-state index is 10.8. The maximum Gasteiger partial charge on any atom is 0.134 e. The lowest BCUT2D eigenvalue weighted by Gasteiger charge is -2.05. The van der Waals surface area contributed by atoms with E-state index in [1.807, 2.05) is 6.07 Å². The van der Waals surface area contributed by atoms with Crippen LogP contribution in [0.2, 0.25) is 0 Å². The minimum atomic E-state index is 0.0901. The molecule has 1 rings (SSSR count). The third-order valence-electron chi connectivity index (χ3n) is 1.67. The van der Waals surface area contributed by atoms with Crippen molar-refractivity contribution >= 4 is 17.2 Å². The van der Waals surface area contributed by atoms with E-state index in [0.29, 0.717) is 17.8 Å². The second-order valence-corrected chi connectivity index (χ2v) is 2.80. The minimum absolute atomic E-state index is 0.0901. The number of carbonyl (C=O) groups excluding carboxylic acids is 1. The highest BCUT2D eigenvalue weighted by molar-refractivity contribution is 5.81. The smallest absolute Gasteiger partial charge is 0.134 e. The fourth-order valence-electron chi connectivity index (χ4n) is 1.06. The van der Waals surface area contributed by atoms with Crippen LogP contribution in [0.3, 0.4) is 0 Å². The molecule has 0 aromatic heterocycles. The Kier molecular flexibility index (Phi) is 2.33. The summed E-state index contributed by atoms with van der Waals surface area (Å²) in [5.41, 5.74) is 13.1.